The van der Waals surface area contributed by atoms with E-state index in [1.165, 1.54) is 0 Å². The van der Waals surface area contributed by atoms with E-state index in [2.05, 4.69) is 4.98 Å². The molecular formula is C14H8ClNO2. The van der Waals surface area contributed by atoms with Crippen LogP contribution in [0.25, 0.3) is 21.7 Å². The van der Waals surface area contributed by atoms with E-state index in [1.807, 2.05) is 0 Å². The largest absolute Gasteiger partial charge is 0.507 e. The highest BCUT2D eigenvalue weighted by Gasteiger charge is 2.11. The molecule has 3 rings (SSSR count). The van der Waals surface area contributed by atoms with Crippen molar-refractivity contribution in [2.24, 2.45) is 0 Å². The van der Waals surface area contributed by atoms with Gasteiger partial charge in [-0.05, 0) is 24.3 Å². The van der Waals surface area contributed by atoms with Crippen molar-refractivity contribution in [3.8, 4) is 5.75 Å². The summed E-state index contributed by atoms with van der Waals surface area (Å²) in [6.45, 7) is 0. The molecule has 0 aliphatic rings. The van der Waals surface area contributed by atoms with Crippen LogP contribution >= 0.6 is 11.6 Å². The van der Waals surface area contributed by atoms with Gasteiger partial charge in [0, 0.05) is 21.2 Å². The number of carbonyl (C=O) groups is 1. The predicted octanol–water partition coefficient (Wildman–Crippen LogP) is 3.56. The van der Waals surface area contributed by atoms with E-state index in [4.69, 9.17) is 11.6 Å². The molecule has 0 saturated carbocycles. The number of aromatic nitrogens is 1. The first-order valence-corrected chi connectivity index (χ1v) is 5.74. The molecule has 0 amide bonds. The predicted molar refractivity (Wildman–Crippen MR) is 71.3 cm³/mol. The van der Waals surface area contributed by atoms with E-state index >= 15 is 0 Å². The van der Waals surface area contributed by atoms with E-state index < -0.39 is 0 Å². The van der Waals surface area contributed by atoms with Crippen molar-refractivity contribution in [1.82, 2.24) is 4.98 Å². The minimum atomic E-state index is 0.116. The van der Waals surface area contributed by atoms with Crippen LogP contribution in [0.5, 0.6) is 5.75 Å². The SMILES string of the molecule is O=Cc1nc2ccc(Cl)cc2c2c(O)cccc12. The summed E-state index contributed by atoms with van der Waals surface area (Å²) >= 11 is 5.97. The number of phenolic OH excluding ortho intramolecular Hbond substituents is 1. The van der Waals surface area contributed by atoms with Crippen molar-refractivity contribution in [2.75, 3.05) is 0 Å². The number of aromatic hydroxyl groups is 1. The molecule has 0 fully saturated rings. The van der Waals surface area contributed by atoms with Crippen molar-refractivity contribution in [2.45, 2.75) is 0 Å². The Labute approximate surface area is 108 Å². The van der Waals surface area contributed by atoms with Gasteiger partial charge in [0.05, 0.1) is 5.52 Å². The third-order valence-corrected chi connectivity index (χ3v) is 3.13. The molecule has 0 bridgehead atoms. The molecule has 18 heavy (non-hydrogen) atoms. The molecule has 0 spiro atoms. The Kier molecular flexibility index (Phi) is 2.42. The highest BCUT2D eigenvalue weighted by molar-refractivity contribution is 6.32. The molecule has 0 atom stereocenters. The van der Waals surface area contributed by atoms with Crippen LogP contribution in [0.4, 0.5) is 0 Å². The number of halogens is 1. The van der Waals surface area contributed by atoms with Gasteiger partial charge in [0.25, 0.3) is 0 Å². The smallest absolute Gasteiger partial charge is 0.169 e. The highest BCUT2D eigenvalue weighted by Crippen LogP contribution is 2.33. The molecule has 3 nitrogen and oxygen atoms in total. The van der Waals surface area contributed by atoms with Gasteiger partial charge in [0.15, 0.2) is 6.29 Å². The summed E-state index contributed by atoms with van der Waals surface area (Å²) in [7, 11) is 0. The Morgan fingerprint density at radius 1 is 1.17 bits per heavy atom. The second-order valence-electron chi connectivity index (χ2n) is 3.98. The average molecular weight is 258 g/mol. The summed E-state index contributed by atoms with van der Waals surface area (Å²) in [5.74, 6) is 0.116. The quantitative estimate of drug-likeness (QED) is 0.536. The second kappa shape index (κ2) is 3.96. The lowest BCUT2D eigenvalue weighted by molar-refractivity contribution is 0.112. The van der Waals surface area contributed by atoms with Gasteiger partial charge in [-0.3, -0.25) is 4.79 Å². The van der Waals surface area contributed by atoms with E-state index in [1.54, 1.807) is 36.4 Å². The number of pyridine rings is 1. The van der Waals surface area contributed by atoms with Gasteiger partial charge in [-0.1, -0.05) is 23.7 Å². The molecule has 88 valence electrons. The molecule has 1 heterocycles. The molecular weight excluding hydrogens is 250 g/mol. The van der Waals surface area contributed by atoms with Gasteiger partial charge in [-0.15, -0.1) is 0 Å². The van der Waals surface area contributed by atoms with Gasteiger partial charge in [0.2, 0.25) is 0 Å². The summed E-state index contributed by atoms with van der Waals surface area (Å²) in [4.78, 5) is 15.3. The molecule has 4 heteroatoms. The van der Waals surface area contributed by atoms with Crippen LogP contribution in [0.3, 0.4) is 0 Å². The molecule has 1 N–H and O–H groups in total. The highest BCUT2D eigenvalue weighted by atomic mass is 35.5. The lowest BCUT2D eigenvalue weighted by Gasteiger charge is -2.07. The van der Waals surface area contributed by atoms with Crippen molar-refractivity contribution in [3.05, 3.63) is 47.1 Å². The lowest BCUT2D eigenvalue weighted by atomic mass is 10.0. The number of hydrogen-bond acceptors (Lipinski definition) is 3. The normalized spacial score (nSPS) is 10.9. The van der Waals surface area contributed by atoms with Crippen LogP contribution in [-0.2, 0) is 0 Å². The van der Waals surface area contributed by atoms with Gasteiger partial charge in [0.1, 0.15) is 11.4 Å². The fraction of sp³-hybridized carbons (Fsp3) is 0. The maximum absolute atomic E-state index is 11.1. The Morgan fingerprint density at radius 3 is 2.78 bits per heavy atom. The Balaban J connectivity index is 2.64. The summed E-state index contributed by atoms with van der Waals surface area (Å²) in [5, 5.41) is 12.5. The van der Waals surface area contributed by atoms with E-state index in [9.17, 15) is 9.90 Å². The molecule has 0 radical (unpaired) electrons. The Morgan fingerprint density at radius 2 is 2.00 bits per heavy atom. The van der Waals surface area contributed by atoms with Crippen molar-refractivity contribution in [1.29, 1.82) is 0 Å². The molecule has 0 unspecified atom stereocenters. The number of carbonyl (C=O) groups excluding carboxylic acids is 1. The monoisotopic (exact) mass is 257 g/mol. The summed E-state index contributed by atoms with van der Waals surface area (Å²) in [6.07, 6.45) is 0.690. The Hall–Kier alpha value is -2.13. The molecule has 0 aliphatic carbocycles. The molecule has 0 aliphatic heterocycles. The molecule has 0 saturated heterocycles. The fourth-order valence-electron chi connectivity index (χ4n) is 2.12. The second-order valence-corrected chi connectivity index (χ2v) is 4.41. The van der Waals surface area contributed by atoms with Crippen molar-refractivity contribution >= 4 is 39.6 Å². The number of benzene rings is 2. The molecule has 1 aromatic heterocycles. The first-order valence-electron chi connectivity index (χ1n) is 5.37. The minimum absolute atomic E-state index is 0.116. The minimum Gasteiger partial charge on any atom is -0.507 e. The maximum Gasteiger partial charge on any atom is 0.169 e. The number of aldehydes is 1. The number of rotatable bonds is 1. The first-order chi connectivity index (χ1) is 8.70. The average Bonchev–Trinajstić information content (AvgIpc) is 2.38. The van der Waals surface area contributed by atoms with Gasteiger partial charge in [-0.25, -0.2) is 4.98 Å². The number of phenols is 1. The zero-order valence-corrected chi connectivity index (χ0v) is 9.98. The lowest BCUT2D eigenvalue weighted by Crippen LogP contribution is -1.92. The van der Waals surface area contributed by atoms with E-state index in [0.717, 1.165) is 5.39 Å². The van der Waals surface area contributed by atoms with Crippen LogP contribution in [0, 0.1) is 0 Å². The van der Waals surface area contributed by atoms with Crippen LogP contribution < -0.4 is 0 Å². The first kappa shape index (κ1) is 11.0. The Bertz CT molecular complexity index is 783. The number of nitrogens with zero attached hydrogens (tertiary/aromatic N) is 1. The topological polar surface area (TPSA) is 50.2 Å². The zero-order chi connectivity index (χ0) is 12.7. The molecule has 2 aromatic carbocycles. The zero-order valence-electron chi connectivity index (χ0n) is 9.22. The summed E-state index contributed by atoms with van der Waals surface area (Å²) < 4.78 is 0. The van der Waals surface area contributed by atoms with Crippen LogP contribution in [-0.4, -0.2) is 16.4 Å². The van der Waals surface area contributed by atoms with Gasteiger partial charge in [-0.2, -0.15) is 0 Å². The summed E-state index contributed by atoms with van der Waals surface area (Å²) in [5.41, 5.74) is 0.950. The van der Waals surface area contributed by atoms with Crippen molar-refractivity contribution in [3.63, 3.8) is 0 Å². The fourth-order valence-corrected chi connectivity index (χ4v) is 2.29. The van der Waals surface area contributed by atoms with E-state index in [0.29, 0.717) is 33.3 Å². The standard InChI is InChI=1S/C14H8ClNO2/c15-8-4-5-11-10(6-8)14-9(12(7-17)16-11)2-1-3-13(14)18/h1-7,18H. The van der Waals surface area contributed by atoms with Crippen molar-refractivity contribution < 1.29 is 9.90 Å². The molecule has 3 aromatic rings. The van der Waals surface area contributed by atoms with Crippen LogP contribution in [0.1, 0.15) is 10.5 Å². The third-order valence-electron chi connectivity index (χ3n) is 2.90. The van der Waals surface area contributed by atoms with Gasteiger partial charge < -0.3 is 5.11 Å². The maximum atomic E-state index is 11.1. The van der Waals surface area contributed by atoms with Crippen LogP contribution in [0.15, 0.2) is 36.4 Å². The van der Waals surface area contributed by atoms with Gasteiger partial charge >= 0.3 is 0 Å². The number of fused-ring (bicyclic) bond motifs is 3. The third kappa shape index (κ3) is 1.52. The van der Waals surface area contributed by atoms with E-state index in [-0.39, 0.29) is 5.75 Å². The van der Waals surface area contributed by atoms with Crippen LogP contribution in [0.2, 0.25) is 5.02 Å². The number of hydrogen-bond donors (Lipinski definition) is 1. The summed E-state index contributed by atoms with van der Waals surface area (Å²) in [6, 6.07) is 10.2.